The number of hydrogen-bond donors (Lipinski definition) is 0. The number of ether oxygens (including phenoxy) is 2. The van der Waals surface area contributed by atoms with E-state index in [1.807, 2.05) is 26.0 Å². The summed E-state index contributed by atoms with van der Waals surface area (Å²) in [6.45, 7) is 8.88. The third-order valence-corrected chi connectivity index (χ3v) is 1.31. The quantitative estimate of drug-likeness (QED) is 0.432. The van der Waals surface area contributed by atoms with E-state index in [1.165, 1.54) is 0 Å². The summed E-state index contributed by atoms with van der Waals surface area (Å²) < 4.78 is 10.6. The Hall–Kier alpha value is -0.600. The van der Waals surface area contributed by atoms with Crippen molar-refractivity contribution >= 4 is 0 Å². The highest BCUT2D eigenvalue weighted by Gasteiger charge is 2.03. The lowest BCUT2D eigenvalue weighted by Crippen LogP contribution is -2.16. The Bertz CT molecular complexity index is 124. The van der Waals surface area contributed by atoms with Gasteiger partial charge in [-0.15, -0.1) is 0 Å². The minimum Gasteiger partial charge on any atom is -0.353 e. The van der Waals surface area contributed by atoms with Gasteiger partial charge in [-0.3, -0.25) is 0 Å². The zero-order chi connectivity index (χ0) is 9.23. The largest absolute Gasteiger partial charge is 0.353 e. The van der Waals surface area contributed by atoms with E-state index in [9.17, 15) is 0 Å². The van der Waals surface area contributed by atoms with Crippen molar-refractivity contribution in [3.05, 3.63) is 24.8 Å². The van der Waals surface area contributed by atoms with Gasteiger partial charge >= 0.3 is 0 Å². The molecule has 12 heavy (non-hydrogen) atoms. The van der Waals surface area contributed by atoms with E-state index in [0.29, 0.717) is 13.2 Å². The Morgan fingerprint density at radius 2 is 1.83 bits per heavy atom. The van der Waals surface area contributed by atoms with Gasteiger partial charge in [-0.05, 0) is 13.8 Å². The van der Waals surface area contributed by atoms with Crippen LogP contribution in [0.3, 0.4) is 0 Å². The van der Waals surface area contributed by atoms with Crippen LogP contribution in [0, 0.1) is 0 Å². The summed E-state index contributed by atoms with van der Waals surface area (Å²) in [7, 11) is 0. The molecule has 0 atom stereocenters. The zero-order valence-electron chi connectivity index (χ0n) is 7.95. The Morgan fingerprint density at radius 3 is 2.25 bits per heavy atom. The predicted octanol–water partition coefficient (Wildman–Crippen LogP) is 2.52. The van der Waals surface area contributed by atoms with Crippen molar-refractivity contribution < 1.29 is 9.47 Å². The maximum atomic E-state index is 5.32. The van der Waals surface area contributed by atoms with Crippen molar-refractivity contribution in [2.45, 2.75) is 26.6 Å². The average molecular weight is 170 g/mol. The van der Waals surface area contributed by atoms with Crippen molar-refractivity contribution in [2.75, 3.05) is 13.2 Å². The van der Waals surface area contributed by atoms with Crippen molar-refractivity contribution in [3.63, 3.8) is 0 Å². The molecule has 0 N–H and O–H groups in total. The fourth-order valence-corrected chi connectivity index (χ4v) is 0.842. The average Bonchev–Trinajstić information content (AvgIpc) is 2.06. The summed E-state index contributed by atoms with van der Waals surface area (Å²) >= 11 is 0. The lowest BCUT2D eigenvalue weighted by Gasteiger charge is -2.14. The Morgan fingerprint density at radius 1 is 1.25 bits per heavy atom. The summed E-state index contributed by atoms with van der Waals surface area (Å²) in [5, 5.41) is 0. The van der Waals surface area contributed by atoms with Crippen LogP contribution >= 0.6 is 0 Å². The molecule has 70 valence electrons. The maximum Gasteiger partial charge on any atom is 0.160 e. The Kier molecular flexibility index (Phi) is 8.07. The second-order valence-electron chi connectivity index (χ2n) is 2.24. The van der Waals surface area contributed by atoms with Gasteiger partial charge in [0.1, 0.15) is 0 Å². The molecule has 0 bridgehead atoms. The molecule has 0 aliphatic heterocycles. The molecule has 0 radical (unpaired) electrons. The molecule has 2 nitrogen and oxygen atoms in total. The highest BCUT2D eigenvalue weighted by atomic mass is 16.7. The SMILES string of the molecule is C=C/C=C/CC(OCC)OCC. The monoisotopic (exact) mass is 170 g/mol. The van der Waals surface area contributed by atoms with Crippen molar-refractivity contribution in [1.82, 2.24) is 0 Å². The molecule has 0 spiro atoms. The van der Waals surface area contributed by atoms with Crippen LogP contribution in [0.1, 0.15) is 20.3 Å². The molecule has 2 heteroatoms. The lowest BCUT2D eigenvalue weighted by molar-refractivity contribution is -0.133. The first-order chi connectivity index (χ1) is 5.85. The van der Waals surface area contributed by atoms with Crippen LogP contribution in [0.15, 0.2) is 24.8 Å². The molecular weight excluding hydrogens is 152 g/mol. The number of rotatable bonds is 7. The molecule has 0 aromatic rings. The zero-order valence-corrected chi connectivity index (χ0v) is 7.95. The first-order valence-electron chi connectivity index (χ1n) is 4.35. The topological polar surface area (TPSA) is 18.5 Å². The molecule has 0 aromatic heterocycles. The molecule has 0 saturated carbocycles. The highest BCUT2D eigenvalue weighted by Crippen LogP contribution is 2.01. The number of allylic oxidation sites excluding steroid dienone is 2. The molecular formula is C10H18O2. The van der Waals surface area contributed by atoms with Crippen LogP contribution in [0.2, 0.25) is 0 Å². The van der Waals surface area contributed by atoms with Gasteiger partial charge in [-0.25, -0.2) is 0 Å². The van der Waals surface area contributed by atoms with Crippen LogP contribution < -0.4 is 0 Å². The molecule has 0 amide bonds. The van der Waals surface area contributed by atoms with Crippen molar-refractivity contribution in [1.29, 1.82) is 0 Å². The van der Waals surface area contributed by atoms with E-state index < -0.39 is 0 Å². The van der Waals surface area contributed by atoms with Crippen LogP contribution in [0.25, 0.3) is 0 Å². The third kappa shape index (κ3) is 6.13. The molecule has 0 fully saturated rings. The van der Waals surface area contributed by atoms with E-state index in [0.717, 1.165) is 6.42 Å². The molecule has 0 unspecified atom stereocenters. The van der Waals surface area contributed by atoms with Gasteiger partial charge < -0.3 is 9.47 Å². The Balaban J connectivity index is 3.61. The van der Waals surface area contributed by atoms with E-state index in [2.05, 4.69) is 6.58 Å². The second kappa shape index (κ2) is 8.50. The first-order valence-corrected chi connectivity index (χ1v) is 4.35. The van der Waals surface area contributed by atoms with Crippen LogP contribution in [-0.4, -0.2) is 19.5 Å². The van der Waals surface area contributed by atoms with Crippen LogP contribution in [0.5, 0.6) is 0 Å². The summed E-state index contributed by atoms with van der Waals surface area (Å²) in [6.07, 6.45) is 6.31. The lowest BCUT2D eigenvalue weighted by atomic mass is 10.3. The van der Waals surface area contributed by atoms with E-state index >= 15 is 0 Å². The van der Waals surface area contributed by atoms with E-state index in [1.54, 1.807) is 6.08 Å². The molecule has 0 rings (SSSR count). The standard InChI is InChI=1S/C10H18O2/c1-4-7-8-9-10(11-5-2)12-6-3/h4,7-8,10H,1,5-6,9H2,2-3H3/b8-7+. The third-order valence-electron chi connectivity index (χ3n) is 1.31. The van der Waals surface area contributed by atoms with Gasteiger partial charge in [0, 0.05) is 19.6 Å². The van der Waals surface area contributed by atoms with Crippen LogP contribution in [-0.2, 0) is 9.47 Å². The second-order valence-corrected chi connectivity index (χ2v) is 2.24. The van der Waals surface area contributed by atoms with Crippen molar-refractivity contribution in [3.8, 4) is 0 Å². The van der Waals surface area contributed by atoms with Gasteiger partial charge in [-0.1, -0.05) is 24.8 Å². The molecule has 0 aliphatic rings. The highest BCUT2D eigenvalue weighted by molar-refractivity contribution is 4.97. The van der Waals surface area contributed by atoms with Crippen molar-refractivity contribution in [2.24, 2.45) is 0 Å². The fourth-order valence-electron chi connectivity index (χ4n) is 0.842. The summed E-state index contributed by atoms with van der Waals surface area (Å²) in [5.74, 6) is 0. The van der Waals surface area contributed by atoms with Gasteiger partial charge in [0.25, 0.3) is 0 Å². The van der Waals surface area contributed by atoms with Gasteiger partial charge in [0.2, 0.25) is 0 Å². The maximum absolute atomic E-state index is 5.32. The molecule has 0 saturated heterocycles. The molecule has 0 heterocycles. The summed E-state index contributed by atoms with van der Waals surface area (Å²) in [5.41, 5.74) is 0. The molecule has 0 aliphatic carbocycles. The molecule has 0 aromatic carbocycles. The van der Waals surface area contributed by atoms with Gasteiger partial charge in [0.15, 0.2) is 6.29 Å². The van der Waals surface area contributed by atoms with Crippen LogP contribution in [0.4, 0.5) is 0 Å². The fraction of sp³-hybridized carbons (Fsp3) is 0.600. The first kappa shape index (κ1) is 11.4. The van der Waals surface area contributed by atoms with E-state index in [-0.39, 0.29) is 6.29 Å². The smallest absolute Gasteiger partial charge is 0.160 e. The minimum absolute atomic E-state index is 0.101. The van der Waals surface area contributed by atoms with Gasteiger partial charge in [0.05, 0.1) is 0 Å². The number of hydrogen-bond acceptors (Lipinski definition) is 2. The summed E-state index contributed by atoms with van der Waals surface area (Å²) in [6, 6.07) is 0. The Labute approximate surface area is 74.9 Å². The van der Waals surface area contributed by atoms with E-state index in [4.69, 9.17) is 9.47 Å². The normalized spacial score (nSPS) is 11.2. The van der Waals surface area contributed by atoms with Gasteiger partial charge in [-0.2, -0.15) is 0 Å². The minimum atomic E-state index is -0.101. The summed E-state index contributed by atoms with van der Waals surface area (Å²) in [4.78, 5) is 0. The predicted molar refractivity (Wildman–Crippen MR) is 51.0 cm³/mol.